The summed E-state index contributed by atoms with van der Waals surface area (Å²) in [7, 11) is 0. The first-order valence-electron chi connectivity index (χ1n) is 10.3. The molecule has 3 aromatic heterocycles. The van der Waals surface area contributed by atoms with Crippen molar-refractivity contribution in [1.82, 2.24) is 20.2 Å². The average Bonchev–Trinajstić information content (AvgIpc) is 3.45. The third kappa shape index (κ3) is 4.01. The number of nitrogens with one attached hydrogen (secondary N) is 2. The van der Waals surface area contributed by atoms with Crippen LogP contribution in [0, 0.1) is 0 Å². The van der Waals surface area contributed by atoms with Crippen molar-refractivity contribution in [3.8, 4) is 10.4 Å². The van der Waals surface area contributed by atoms with Gasteiger partial charge in [0, 0.05) is 45.5 Å². The molecule has 0 amide bonds. The predicted molar refractivity (Wildman–Crippen MR) is 129 cm³/mol. The Balaban J connectivity index is 1.51. The molecule has 0 atom stereocenters. The smallest absolute Gasteiger partial charge is 0.227 e. The van der Waals surface area contributed by atoms with E-state index in [2.05, 4.69) is 55.8 Å². The number of fused-ring (bicyclic) bond motifs is 2. The highest BCUT2D eigenvalue weighted by molar-refractivity contribution is 7.22. The number of anilines is 3. The third-order valence-electron chi connectivity index (χ3n) is 5.18. The van der Waals surface area contributed by atoms with E-state index >= 15 is 0 Å². The quantitative estimate of drug-likeness (QED) is 0.287. The molecule has 0 spiro atoms. The standard InChI is InChI=1S/C23H22N6O2S/c30-9-7-29(8-10-31)23-24-6-5-21(27-23)26-17-11-16-14-25-28-22(16)18(13-17)20-12-15-3-1-2-4-19(15)32-20/h1-6,11-14,30-31H,7-10H2,(H,25,28)(H,24,26,27). The van der Waals surface area contributed by atoms with Crippen molar-refractivity contribution in [1.29, 1.82) is 0 Å². The van der Waals surface area contributed by atoms with Gasteiger partial charge in [-0.25, -0.2) is 4.98 Å². The van der Waals surface area contributed by atoms with Gasteiger partial charge in [-0.05, 0) is 35.7 Å². The fraction of sp³-hybridized carbons (Fsp3) is 0.174. The molecule has 0 bridgehead atoms. The van der Waals surface area contributed by atoms with E-state index in [1.165, 1.54) is 10.1 Å². The minimum absolute atomic E-state index is 0.0449. The van der Waals surface area contributed by atoms with Gasteiger partial charge in [-0.3, -0.25) is 5.10 Å². The van der Waals surface area contributed by atoms with Gasteiger partial charge in [0.05, 0.1) is 24.9 Å². The molecule has 8 nitrogen and oxygen atoms in total. The summed E-state index contributed by atoms with van der Waals surface area (Å²) in [6.45, 7) is 0.607. The Morgan fingerprint density at radius 1 is 1.00 bits per heavy atom. The van der Waals surface area contributed by atoms with Gasteiger partial charge in [0.15, 0.2) is 0 Å². The number of rotatable bonds is 8. The zero-order valence-electron chi connectivity index (χ0n) is 17.2. The fourth-order valence-electron chi connectivity index (χ4n) is 3.71. The molecular weight excluding hydrogens is 424 g/mol. The first-order valence-corrected chi connectivity index (χ1v) is 11.1. The third-order valence-corrected chi connectivity index (χ3v) is 6.33. The largest absolute Gasteiger partial charge is 0.395 e. The minimum atomic E-state index is -0.0449. The molecule has 0 aliphatic rings. The molecule has 3 heterocycles. The lowest BCUT2D eigenvalue weighted by Gasteiger charge is -2.20. The Morgan fingerprint density at radius 3 is 2.66 bits per heavy atom. The van der Waals surface area contributed by atoms with Crippen molar-refractivity contribution in [2.24, 2.45) is 0 Å². The number of aliphatic hydroxyl groups is 2. The first kappa shape index (κ1) is 20.4. The van der Waals surface area contributed by atoms with E-state index in [9.17, 15) is 10.2 Å². The molecular formula is C23H22N6O2S. The SMILES string of the molecule is OCCN(CCO)c1nccc(Nc2cc(-c3cc4ccccc4s3)c3[nH]ncc3c2)n1. The normalized spacial score (nSPS) is 11.3. The van der Waals surface area contributed by atoms with Gasteiger partial charge >= 0.3 is 0 Å². The van der Waals surface area contributed by atoms with E-state index in [1.807, 2.05) is 18.3 Å². The summed E-state index contributed by atoms with van der Waals surface area (Å²) in [6, 6.07) is 16.4. The summed E-state index contributed by atoms with van der Waals surface area (Å²) in [6.07, 6.45) is 3.47. The van der Waals surface area contributed by atoms with Crippen molar-refractivity contribution in [3.05, 3.63) is 60.9 Å². The van der Waals surface area contributed by atoms with Crippen LogP contribution in [0.3, 0.4) is 0 Å². The van der Waals surface area contributed by atoms with Crippen LogP contribution in [0.4, 0.5) is 17.5 Å². The maximum Gasteiger partial charge on any atom is 0.227 e. The van der Waals surface area contributed by atoms with Gasteiger partial charge < -0.3 is 20.4 Å². The van der Waals surface area contributed by atoms with Gasteiger partial charge in [-0.2, -0.15) is 10.1 Å². The van der Waals surface area contributed by atoms with Crippen molar-refractivity contribution >= 4 is 49.8 Å². The number of aliphatic hydroxyl groups excluding tert-OH is 2. The van der Waals surface area contributed by atoms with Gasteiger partial charge in [-0.1, -0.05) is 18.2 Å². The molecule has 0 fully saturated rings. The lowest BCUT2D eigenvalue weighted by molar-refractivity contribution is 0.280. The molecule has 2 aromatic carbocycles. The fourth-order valence-corrected chi connectivity index (χ4v) is 4.80. The number of hydrogen-bond acceptors (Lipinski definition) is 8. The molecule has 0 aliphatic heterocycles. The highest BCUT2D eigenvalue weighted by atomic mass is 32.1. The van der Waals surface area contributed by atoms with Crippen molar-refractivity contribution in [2.75, 3.05) is 36.5 Å². The second-order valence-electron chi connectivity index (χ2n) is 7.31. The number of aromatic nitrogens is 4. The van der Waals surface area contributed by atoms with E-state index < -0.39 is 0 Å². The molecule has 32 heavy (non-hydrogen) atoms. The Hall–Kier alpha value is -3.53. The molecule has 5 rings (SSSR count). The average molecular weight is 447 g/mol. The summed E-state index contributed by atoms with van der Waals surface area (Å²) in [5.74, 6) is 1.08. The van der Waals surface area contributed by atoms with Gasteiger partial charge in [-0.15, -0.1) is 11.3 Å². The minimum Gasteiger partial charge on any atom is -0.395 e. The highest BCUT2D eigenvalue weighted by Gasteiger charge is 2.13. The monoisotopic (exact) mass is 446 g/mol. The Bertz CT molecular complexity index is 1330. The zero-order valence-corrected chi connectivity index (χ0v) is 18.0. The second kappa shape index (κ2) is 8.91. The van der Waals surface area contributed by atoms with Crippen molar-refractivity contribution in [3.63, 3.8) is 0 Å². The number of nitrogens with zero attached hydrogens (tertiary/aromatic N) is 4. The highest BCUT2D eigenvalue weighted by Crippen LogP contribution is 2.38. The Kier molecular flexibility index (Phi) is 5.68. The van der Waals surface area contributed by atoms with Crippen molar-refractivity contribution < 1.29 is 10.2 Å². The molecule has 9 heteroatoms. The predicted octanol–water partition coefficient (Wildman–Crippen LogP) is 3.77. The number of benzene rings is 2. The Morgan fingerprint density at radius 2 is 1.84 bits per heavy atom. The number of thiophene rings is 1. The van der Waals surface area contributed by atoms with E-state index in [0.717, 1.165) is 27.0 Å². The van der Waals surface area contributed by atoms with Crippen LogP contribution in [-0.4, -0.2) is 56.7 Å². The van der Waals surface area contributed by atoms with Crippen LogP contribution >= 0.6 is 11.3 Å². The van der Waals surface area contributed by atoms with Crippen LogP contribution in [0.5, 0.6) is 0 Å². The van der Waals surface area contributed by atoms with Crippen LogP contribution in [0.1, 0.15) is 0 Å². The van der Waals surface area contributed by atoms with E-state index in [0.29, 0.717) is 24.9 Å². The first-order chi connectivity index (χ1) is 15.7. The van der Waals surface area contributed by atoms with E-state index in [4.69, 9.17) is 0 Å². The molecule has 0 saturated heterocycles. The number of H-pyrrole nitrogens is 1. The van der Waals surface area contributed by atoms with Crippen LogP contribution in [0.2, 0.25) is 0 Å². The molecule has 5 aromatic rings. The lowest BCUT2D eigenvalue weighted by Crippen LogP contribution is -2.31. The van der Waals surface area contributed by atoms with Crippen LogP contribution in [-0.2, 0) is 0 Å². The van der Waals surface area contributed by atoms with Gasteiger partial charge in [0.25, 0.3) is 0 Å². The number of aromatic amines is 1. The lowest BCUT2D eigenvalue weighted by atomic mass is 10.1. The topological polar surface area (TPSA) is 110 Å². The zero-order chi connectivity index (χ0) is 21.9. The van der Waals surface area contributed by atoms with Crippen LogP contribution < -0.4 is 10.2 Å². The van der Waals surface area contributed by atoms with Crippen LogP contribution in [0.15, 0.2) is 60.9 Å². The molecule has 0 aliphatic carbocycles. The summed E-state index contributed by atoms with van der Waals surface area (Å²) < 4.78 is 1.24. The van der Waals surface area contributed by atoms with E-state index in [1.54, 1.807) is 28.5 Å². The van der Waals surface area contributed by atoms with Gasteiger partial charge in [0.1, 0.15) is 5.82 Å². The van der Waals surface area contributed by atoms with Crippen LogP contribution in [0.25, 0.3) is 31.4 Å². The molecule has 4 N–H and O–H groups in total. The second-order valence-corrected chi connectivity index (χ2v) is 8.39. The Labute approximate surface area is 188 Å². The number of hydrogen-bond donors (Lipinski definition) is 4. The summed E-state index contributed by atoms with van der Waals surface area (Å²) in [5.41, 5.74) is 2.94. The molecule has 0 unspecified atom stereocenters. The molecule has 0 radical (unpaired) electrons. The maximum atomic E-state index is 9.30. The van der Waals surface area contributed by atoms with Gasteiger partial charge in [0.2, 0.25) is 5.95 Å². The summed E-state index contributed by atoms with van der Waals surface area (Å²) in [5, 5.41) is 31.5. The maximum absolute atomic E-state index is 9.30. The summed E-state index contributed by atoms with van der Waals surface area (Å²) in [4.78, 5) is 11.8. The molecule has 0 saturated carbocycles. The molecule has 162 valence electrons. The van der Waals surface area contributed by atoms with Crippen molar-refractivity contribution in [2.45, 2.75) is 0 Å². The summed E-state index contributed by atoms with van der Waals surface area (Å²) >= 11 is 1.75. The van der Waals surface area contributed by atoms with E-state index in [-0.39, 0.29) is 13.2 Å².